The van der Waals surface area contributed by atoms with Gasteiger partial charge in [-0.15, -0.1) is 0 Å². The Morgan fingerprint density at radius 2 is 1.88 bits per heavy atom. The van der Waals surface area contributed by atoms with E-state index >= 15 is 0 Å². The highest BCUT2D eigenvalue weighted by Gasteiger charge is 2.36. The normalized spacial score (nSPS) is 15.2. The van der Waals surface area contributed by atoms with E-state index in [4.69, 9.17) is 14.2 Å². The molecule has 0 aliphatic carbocycles. The zero-order chi connectivity index (χ0) is 18.5. The molecule has 136 valence electrons. The first kappa shape index (κ1) is 20.1. The maximum absolute atomic E-state index is 12.2. The second-order valence-electron chi connectivity index (χ2n) is 6.80. The SMILES string of the molecule is CCOc1cc(C(C)(NC(=O)OC(C)(C)C)C(C)O)ccc1OC. The van der Waals surface area contributed by atoms with Gasteiger partial charge in [0.2, 0.25) is 0 Å². The minimum Gasteiger partial charge on any atom is -0.493 e. The summed E-state index contributed by atoms with van der Waals surface area (Å²) in [5, 5.41) is 13.0. The molecule has 6 nitrogen and oxygen atoms in total. The molecule has 2 unspecified atom stereocenters. The van der Waals surface area contributed by atoms with Gasteiger partial charge in [-0.05, 0) is 59.2 Å². The molecule has 2 atom stereocenters. The van der Waals surface area contributed by atoms with Crippen molar-refractivity contribution < 1.29 is 24.1 Å². The fourth-order valence-corrected chi connectivity index (χ4v) is 2.20. The number of benzene rings is 1. The summed E-state index contributed by atoms with van der Waals surface area (Å²) in [6, 6.07) is 5.29. The van der Waals surface area contributed by atoms with Gasteiger partial charge in [-0.1, -0.05) is 6.07 Å². The molecule has 2 N–H and O–H groups in total. The van der Waals surface area contributed by atoms with Gasteiger partial charge in [0.1, 0.15) is 5.60 Å². The fourth-order valence-electron chi connectivity index (χ4n) is 2.20. The smallest absolute Gasteiger partial charge is 0.408 e. The van der Waals surface area contributed by atoms with Gasteiger partial charge in [0.25, 0.3) is 0 Å². The van der Waals surface area contributed by atoms with Crippen LogP contribution in [0.2, 0.25) is 0 Å². The Hall–Kier alpha value is -1.95. The third kappa shape index (κ3) is 5.03. The molecule has 1 amide bonds. The molecule has 24 heavy (non-hydrogen) atoms. The van der Waals surface area contributed by atoms with Crippen molar-refractivity contribution in [3.05, 3.63) is 23.8 Å². The maximum atomic E-state index is 12.2. The molecule has 0 aliphatic heterocycles. The summed E-state index contributed by atoms with van der Waals surface area (Å²) >= 11 is 0. The summed E-state index contributed by atoms with van der Waals surface area (Å²) in [6.45, 7) is 11.1. The summed E-state index contributed by atoms with van der Waals surface area (Å²) in [5.41, 5.74) is -0.979. The summed E-state index contributed by atoms with van der Waals surface area (Å²) in [6.07, 6.45) is -1.45. The molecule has 1 rings (SSSR count). The van der Waals surface area contributed by atoms with E-state index < -0.39 is 23.3 Å². The number of amides is 1. The Kier molecular flexibility index (Phi) is 6.49. The lowest BCUT2D eigenvalue weighted by atomic mass is 9.87. The van der Waals surface area contributed by atoms with Gasteiger partial charge in [0, 0.05) is 0 Å². The van der Waals surface area contributed by atoms with Crippen LogP contribution in [0.5, 0.6) is 11.5 Å². The summed E-state index contributed by atoms with van der Waals surface area (Å²) in [4.78, 5) is 12.2. The van der Waals surface area contributed by atoms with Gasteiger partial charge >= 0.3 is 6.09 Å². The Morgan fingerprint density at radius 1 is 1.25 bits per heavy atom. The van der Waals surface area contributed by atoms with E-state index in [0.717, 1.165) is 0 Å². The van der Waals surface area contributed by atoms with Crippen LogP contribution in [0.15, 0.2) is 18.2 Å². The first-order valence-electron chi connectivity index (χ1n) is 8.04. The maximum Gasteiger partial charge on any atom is 0.408 e. The summed E-state index contributed by atoms with van der Waals surface area (Å²) in [7, 11) is 1.56. The highest BCUT2D eigenvalue weighted by atomic mass is 16.6. The molecule has 0 saturated heterocycles. The van der Waals surface area contributed by atoms with Crippen molar-refractivity contribution in [1.29, 1.82) is 0 Å². The molecule has 0 spiro atoms. The second kappa shape index (κ2) is 7.75. The summed E-state index contributed by atoms with van der Waals surface area (Å²) < 4.78 is 16.2. The van der Waals surface area contributed by atoms with Crippen LogP contribution in [-0.4, -0.2) is 36.6 Å². The number of carbonyl (C=O) groups is 1. The molecular formula is C18H29NO5. The Bertz CT molecular complexity index is 565. The number of aliphatic hydroxyl groups is 1. The molecular weight excluding hydrogens is 310 g/mol. The largest absolute Gasteiger partial charge is 0.493 e. The van der Waals surface area contributed by atoms with Crippen LogP contribution in [-0.2, 0) is 10.3 Å². The van der Waals surface area contributed by atoms with E-state index in [1.807, 2.05) is 6.92 Å². The quantitative estimate of drug-likeness (QED) is 0.832. The van der Waals surface area contributed by atoms with Crippen LogP contribution < -0.4 is 14.8 Å². The van der Waals surface area contributed by atoms with Crippen molar-refractivity contribution in [1.82, 2.24) is 5.32 Å². The third-order valence-corrected chi connectivity index (χ3v) is 3.66. The first-order valence-corrected chi connectivity index (χ1v) is 8.04. The van der Waals surface area contributed by atoms with Crippen molar-refractivity contribution in [2.24, 2.45) is 0 Å². The minimum atomic E-state index is -1.04. The molecule has 0 saturated carbocycles. The van der Waals surface area contributed by atoms with Crippen molar-refractivity contribution in [2.45, 2.75) is 58.8 Å². The highest BCUT2D eigenvalue weighted by molar-refractivity contribution is 5.69. The molecule has 6 heteroatoms. The molecule has 0 bridgehead atoms. The lowest BCUT2D eigenvalue weighted by Gasteiger charge is -2.35. The number of aliphatic hydroxyl groups excluding tert-OH is 1. The molecule has 0 aliphatic rings. The number of carbonyl (C=O) groups excluding carboxylic acids is 1. The molecule has 0 fully saturated rings. The number of nitrogens with one attached hydrogen (secondary N) is 1. The van der Waals surface area contributed by atoms with E-state index in [0.29, 0.717) is 23.7 Å². The van der Waals surface area contributed by atoms with Gasteiger partial charge in [0.15, 0.2) is 11.5 Å². The van der Waals surface area contributed by atoms with Gasteiger partial charge in [-0.3, -0.25) is 0 Å². The van der Waals surface area contributed by atoms with Crippen LogP contribution >= 0.6 is 0 Å². The lowest BCUT2D eigenvalue weighted by molar-refractivity contribution is 0.0285. The molecule has 1 aromatic carbocycles. The number of hydrogen-bond acceptors (Lipinski definition) is 5. The number of methoxy groups -OCH3 is 1. The standard InChI is InChI=1S/C18H29NO5/c1-8-23-15-11-13(9-10-14(15)22-7)18(6,12(2)20)19-16(21)24-17(3,4)5/h9-12,20H,8H2,1-7H3,(H,19,21). The molecule has 0 heterocycles. The molecule has 0 aromatic heterocycles. The van der Waals surface area contributed by atoms with E-state index in [-0.39, 0.29) is 0 Å². The Morgan fingerprint density at radius 3 is 2.33 bits per heavy atom. The van der Waals surface area contributed by atoms with Crippen LogP contribution in [0.4, 0.5) is 4.79 Å². The minimum absolute atomic E-state index is 0.477. The van der Waals surface area contributed by atoms with Crippen LogP contribution in [0.25, 0.3) is 0 Å². The van der Waals surface area contributed by atoms with E-state index in [2.05, 4.69) is 5.32 Å². The monoisotopic (exact) mass is 339 g/mol. The summed E-state index contributed by atoms with van der Waals surface area (Å²) in [5.74, 6) is 1.14. The lowest BCUT2D eigenvalue weighted by Crippen LogP contribution is -2.52. The average Bonchev–Trinajstić information content (AvgIpc) is 2.45. The predicted molar refractivity (Wildman–Crippen MR) is 92.6 cm³/mol. The molecule has 1 aromatic rings. The zero-order valence-corrected chi connectivity index (χ0v) is 15.6. The van der Waals surface area contributed by atoms with E-state index in [1.165, 1.54) is 0 Å². The molecule has 0 radical (unpaired) electrons. The van der Waals surface area contributed by atoms with Crippen LogP contribution in [0.3, 0.4) is 0 Å². The van der Waals surface area contributed by atoms with Gasteiger partial charge in [-0.25, -0.2) is 4.79 Å². The average molecular weight is 339 g/mol. The fraction of sp³-hybridized carbons (Fsp3) is 0.611. The van der Waals surface area contributed by atoms with Gasteiger partial charge in [-0.2, -0.15) is 0 Å². The van der Waals surface area contributed by atoms with E-state index in [9.17, 15) is 9.90 Å². The third-order valence-electron chi connectivity index (χ3n) is 3.66. The van der Waals surface area contributed by atoms with Crippen molar-refractivity contribution in [3.63, 3.8) is 0 Å². The number of hydrogen-bond donors (Lipinski definition) is 2. The Balaban J connectivity index is 3.19. The number of ether oxygens (including phenoxy) is 3. The zero-order valence-electron chi connectivity index (χ0n) is 15.6. The van der Waals surface area contributed by atoms with Gasteiger partial charge in [0.05, 0.1) is 25.4 Å². The van der Waals surface area contributed by atoms with Crippen LogP contribution in [0, 0.1) is 0 Å². The Labute approximate surface area is 144 Å². The van der Waals surface area contributed by atoms with Gasteiger partial charge < -0.3 is 24.6 Å². The van der Waals surface area contributed by atoms with Crippen molar-refractivity contribution in [2.75, 3.05) is 13.7 Å². The predicted octanol–water partition coefficient (Wildman–Crippen LogP) is 3.21. The number of rotatable bonds is 6. The van der Waals surface area contributed by atoms with Crippen LogP contribution in [0.1, 0.15) is 47.1 Å². The van der Waals surface area contributed by atoms with Crippen molar-refractivity contribution >= 4 is 6.09 Å². The van der Waals surface area contributed by atoms with E-state index in [1.54, 1.807) is 59.9 Å². The second-order valence-corrected chi connectivity index (χ2v) is 6.80. The number of alkyl carbamates (subject to hydrolysis) is 1. The first-order chi connectivity index (χ1) is 11.0. The topological polar surface area (TPSA) is 77.0 Å². The van der Waals surface area contributed by atoms with Crippen molar-refractivity contribution in [3.8, 4) is 11.5 Å². The highest BCUT2D eigenvalue weighted by Crippen LogP contribution is 2.34.